The summed E-state index contributed by atoms with van der Waals surface area (Å²) in [4.78, 5) is 8.06. The van der Waals surface area contributed by atoms with Crippen LogP contribution >= 0.6 is 0 Å². The maximum atomic E-state index is 5.45. The summed E-state index contributed by atoms with van der Waals surface area (Å²) in [6.45, 7) is 0. The van der Waals surface area contributed by atoms with Crippen LogP contribution in [-0.2, 0) is 6.42 Å². The van der Waals surface area contributed by atoms with E-state index in [0.29, 0.717) is 17.9 Å². The van der Waals surface area contributed by atoms with Crippen molar-refractivity contribution in [3.8, 4) is 5.69 Å². The first kappa shape index (κ1) is 30.0. The predicted octanol–water partition coefficient (Wildman–Crippen LogP) is 9.95. The highest BCUT2D eigenvalue weighted by Gasteiger charge is 2.48. The maximum Gasteiger partial charge on any atom is 0.201 e. The minimum absolute atomic E-state index is 0.0284. The molecule has 1 saturated heterocycles. The van der Waals surface area contributed by atoms with E-state index in [9.17, 15) is 0 Å². The first-order valence-corrected chi connectivity index (χ1v) is 19.0. The van der Waals surface area contributed by atoms with Crippen LogP contribution in [0.2, 0.25) is 0 Å². The number of hydrogen-bond acceptors (Lipinski definition) is 4. The summed E-state index contributed by atoms with van der Waals surface area (Å²) >= 11 is 0. The summed E-state index contributed by atoms with van der Waals surface area (Å²) in [5.74, 6) is 1.84. The van der Waals surface area contributed by atoms with Crippen LogP contribution in [0.15, 0.2) is 156 Å². The van der Waals surface area contributed by atoms with E-state index in [1.807, 2.05) is 0 Å². The average molecular weight is 676 g/mol. The second-order valence-corrected chi connectivity index (χ2v) is 15.0. The molecule has 5 aliphatic rings. The Morgan fingerprint density at radius 1 is 0.769 bits per heavy atom. The highest BCUT2D eigenvalue weighted by Crippen LogP contribution is 2.49. The summed E-state index contributed by atoms with van der Waals surface area (Å²) < 4.78 is 2.50. The van der Waals surface area contributed by atoms with E-state index in [-0.39, 0.29) is 12.3 Å². The van der Waals surface area contributed by atoms with Gasteiger partial charge in [0, 0.05) is 45.4 Å². The van der Waals surface area contributed by atoms with Gasteiger partial charge >= 0.3 is 0 Å². The van der Waals surface area contributed by atoms with E-state index in [1.165, 1.54) is 66.2 Å². The minimum Gasteiger partial charge on any atom is -0.337 e. The van der Waals surface area contributed by atoms with Gasteiger partial charge in [-0.05, 0) is 84.0 Å². The largest absolute Gasteiger partial charge is 0.337 e. The number of aromatic nitrogens is 1. The van der Waals surface area contributed by atoms with Crippen LogP contribution < -0.4 is 10.6 Å². The maximum absolute atomic E-state index is 5.45. The first-order valence-electron chi connectivity index (χ1n) is 19.0. The van der Waals surface area contributed by atoms with Crippen molar-refractivity contribution in [2.75, 3.05) is 0 Å². The molecule has 52 heavy (non-hydrogen) atoms. The molecule has 1 fully saturated rings. The molecule has 0 saturated carbocycles. The smallest absolute Gasteiger partial charge is 0.201 e. The van der Waals surface area contributed by atoms with Gasteiger partial charge in [-0.2, -0.15) is 0 Å². The zero-order valence-corrected chi connectivity index (χ0v) is 29.1. The summed E-state index contributed by atoms with van der Waals surface area (Å²) in [6.07, 6.45) is 19.5. The van der Waals surface area contributed by atoms with Crippen molar-refractivity contribution in [2.45, 2.75) is 50.5 Å². The molecule has 0 bridgehead atoms. The molecule has 5 aromatic carbocycles. The Balaban J connectivity index is 1.04. The van der Waals surface area contributed by atoms with Crippen molar-refractivity contribution in [3.05, 3.63) is 168 Å². The minimum atomic E-state index is -0.118. The molecule has 2 aliphatic heterocycles. The summed E-state index contributed by atoms with van der Waals surface area (Å²) in [6, 6.07) is 40.5. The first-order chi connectivity index (χ1) is 25.8. The molecule has 5 heteroatoms. The van der Waals surface area contributed by atoms with Gasteiger partial charge in [0.25, 0.3) is 0 Å². The standard InChI is InChI=1S/C47H41N5/c1-3-14-31(15-4-1)45-48-46(32-16-5-2-6-17-32)50-47(49-45)52-42-22-12-10-20-38(42)40-28-34-27-35(25-23-33(34)29-43(40)52)51-41-21-11-9-19-37(41)39-26-24-30-13-7-8-18-36(30)44(39)51/h1-5,7-11,13-16,18-21,23-27,29,38,40,42,45-46,48H,6,12,17,22,28H2,(H,49,50). The van der Waals surface area contributed by atoms with Crippen LogP contribution in [0.5, 0.6) is 0 Å². The van der Waals surface area contributed by atoms with E-state index in [4.69, 9.17) is 4.99 Å². The number of rotatable bonds is 3. The number of benzene rings is 5. The monoisotopic (exact) mass is 675 g/mol. The quantitative estimate of drug-likeness (QED) is 0.184. The summed E-state index contributed by atoms with van der Waals surface area (Å²) in [7, 11) is 0. The Kier molecular flexibility index (Phi) is 6.91. The normalized spacial score (nSPS) is 25.0. The molecule has 0 amide bonds. The molecule has 5 nitrogen and oxygen atoms in total. The molecule has 3 heterocycles. The third kappa shape index (κ3) is 4.69. The van der Waals surface area contributed by atoms with E-state index in [0.717, 1.165) is 38.1 Å². The van der Waals surface area contributed by atoms with Crippen LogP contribution in [0.4, 0.5) is 0 Å². The van der Waals surface area contributed by atoms with Gasteiger partial charge in [0.2, 0.25) is 5.96 Å². The SMILES string of the molecule is C1=CCCC(C2NC(N3C4=Cc5ccc(-n6c7ccccc7c7ccc8ccccc8c76)cc5CC4C4C=CCCC43)=NC(c3ccccc3)N2)=C1. The molecule has 254 valence electrons. The summed E-state index contributed by atoms with van der Waals surface area (Å²) in [5.41, 5.74) is 10.5. The van der Waals surface area contributed by atoms with Crippen LogP contribution in [0.3, 0.4) is 0 Å². The number of nitrogens with zero attached hydrogens (tertiary/aromatic N) is 3. The fourth-order valence-electron chi connectivity index (χ4n) is 9.78. The topological polar surface area (TPSA) is 44.6 Å². The Morgan fingerprint density at radius 2 is 1.63 bits per heavy atom. The predicted molar refractivity (Wildman–Crippen MR) is 214 cm³/mol. The van der Waals surface area contributed by atoms with Crippen molar-refractivity contribution in [3.63, 3.8) is 0 Å². The highest BCUT2D eigenvalue weighted by atomic mass is 15.4. The third-order valence-electron chi connectivity index (χ3n) is 12.2. The number of aliphatic imine (C=N–C) groups is 1. The lowest BCUT2D eigenvalue weighted by Gasteiger charge is -2.40. The van der Waals surface area contributed by atoms with Gasteiger partial charge in [-0.15, -0.1) is 0 Å². The molecule has 2 N–H and O–H groups in total. The van der Waals surface area contributed by atoms with Crippen molar-refractivity contribution in [1.82, 2.24) is 20.1 Å². The molecule has 0 radical (unpaired) electrons. The van der Waals surface area contributed by atoms with Gasteiger partial charge in [-0.25, -0.2) is 4.99 Å². The van der Waals surface area contributed by atoms with Gasteiger partial charge in [0.1, 0.15) is 12.3 Å². The second-order valence-electron chi connectivity index (χ2n) is 15.0. The number of allylic oxidation sites excluding steroid dienone is 5. The van der Waals surface area contributed by atoms with Crippen LogP contribution in [0, 0.1) is 11.8 Å². The molecule has 1 aromatic heterocycles. The van der Waals surface area contributed by atoms with E-state index >= 15 is 0 Å². The zero-order valence-electron chi connectivity index (χ0n) is 29.1. The fourth-order valence-corrected chi connectivity index (χ4v) is 9.78. The molecule has 6 aromatic rings. The number of nitrogens with one attached hydrogen (secondary N) is 2. The number of guanidine groups is 1. The van der Waals surface area contributed by atoms with Crippen LogP contribution in [-0.4, -0.2) is 27.6 Å². The molecular formula is C47H41N5. The van der Waals surface area contributed by atoms with Crippen molar-refractivity contribution < 1.29 is 0 Å². The van der Waals surface area contributed by atoms with Crippen molar-refractivity contribution in [1.29, 1.82) is 0 Å². The number of para-hydroxylation sites is 1. The van der Waals surface area contributed by atoms with Gasteiger partial charge < -0.3 is 14.8 Å². The Morgan fingerprint density at radius 3 is 2.54 bits per heavy atom. The molecule has 3 aliphatic carbocycles. The highest BCUT2D eigenvalue weighted by molar-refractivity contribution is 6.18. The Bertz CT molecular complexity index is 2550. The number of fused-ring (bicyclic) bond motifs is 9. The lowest BCUT2D eigenvalue weighted by atomic mass is 9.77. The number of hydrogen-bond donors (Lipinski definition) is 2. The molecule has 11 rings (SSSR count). The molecule has 5 unspecified atom stereocenters. The fraction of sp³-hybridized carbons (Fsp3) is 0.213. The molecular weight excluding hydrogens is 635 g/mol. The van der Waals surface area contributed by atoms with Gasteiger partial charge in [-0.3, -0.25) is 5.32 Å². The lowest BCUT2D eigenvalue weighted by molar-refractivity contribution is 0.312. The number of likely N-dealkylation sites (tertiary alicyclic amines) is 1. The van der Waals surface area contributed by atoms with Crippen LogP contribution in [0.1, 0.15) is 48.5 Å². The summed E-state index contributed by atoms with van der Waals surface area (Å²) in [5, 5.41) is 12.9. The Hall–Kier alpha value is -5.65. The van der Waals surface area contributed by atoms with E-state index in [1.54, 1.807) is 0 Å². The zero-order chi connectivity index (χ0) is 34.2. The van der Waals surface area contributed by atoms with Gasteiger partial charge in [-0.1, -0.05) is 121 Å². The van der Waals surface area contributed by atoms with Crippen LogP contribution in [0.25, 0.3) is 44.3 Å². The lowest BCUT2D eigenvalue weighted by Crippen LogP contribution is -2.58. The van der Waals surface area contributed by atoms with Gasteiger partial charge in [0.15, 0.2) is 0 Å². The third-order valence-corrected chi connectivity index (χ3v) is 12.2. The van der Waals surface area contributed by atoms with Crippen molar-refractivity contribution >= 4 is 44.6 Å². The second kappa shape index (κ2) is 12.0. The van der Waals surface area contributed by atoms with Crippen molar-refractivity contribution in [2.24, 2.45) is 16.8 Å². The average Bonchev–Trinajstić information content (AvgIpc) is 3.73. The van der Waals surface area contributed by atoms with Gasteiger partial charge in [0.05, 0.1) is 11.0 Å². The molecule has 0 spiro atoms. The Labute approximate surface area is 304 Å². The van der Waals surface area contributed by atoms with E-state index < -0.39 is 0 Å². The molecule has 5 atom stereocenters. The van der Waals surface area contributed by atoms with E-state index in [2.05, 4.69) is 166 Å².